The van der Waals surface area contributed by atoms with E-state index in [0.717, 1.165) is 22.2 Å². The minimum atomic E-state index is 0.531. The number of ether oxygens (including phenoxy) is 3. The van der Waals surface area contributed by atoms with Crippen LogP contribution in [0.2, 0.25) is 0 Å². The van der Waals surface area contributed by atoms with Gasteiger partial charge in [-0.2, -0.15) is 0 Å². The summed E-state index contributed by atoms with van der Waals surface area (Å²) >= 11 is 0. The number of pyridine rings is 1. The van der Waals surface area contributed by atoms with E-state index in [9.17, 15) is 0 Å². The third-order valence-electron chi connectivity index (χ3n) is 4.44. The van der Waals surface area contributed by atoms with Crippen LogP contribution in [0.5, 0.6) is 17.4 Å². The number of para-hydroxylation sites is 1. The first-order chi connectivity index (χ1) is 14.2. The Morgan fingerprint density at radius 1 is 0.793 bits per heavy atom. The summed E-state index contributed by atoms with van der Waals surface area (Å²) in [5, 5.41) is 4.19. The van der Waals surface area contributed by atoms with E-state index in [4.69, 9.17) is 24.2 Å². The van der Waals surface area contributed by atoms with E-state index in [-0.39, 0.29) is 0 Å². The summed E-state index contributed by atoms with van der Waals surface area (Å²) in [6.07, 6.45) is 1.69. The number of aromatic nitrogens is 3. The van der Waals surface area contributed by atoms with Gasteiger partial charge < -0.3 is 19.5 Å². The molecule has 0 unspecified atom stereocenters. The summed E-state index contributed by atoms with van der Waals surface area (Å²) in [5.41, 5.74) is 2.42. The molecule has 0 aliphatic rings. The van der Waals surface area contributed by atoms with Crippen molar-refractivity contribution in [2.45, 2.75) is 0 Å². The Hall–Kier alpha value is -3.87. The minimum absolute atomic E-state index is 0.531. The number of nitrogens with zero attached hydrogens (tertiary/aromatic N) is 3. The lowest BCUT2D eigenvalue weighted by atomic mass is 10.1. The molecule has 0 spiro atoms. The molecule has 0 amide bonds. The van der Waals surface area contributed by atoms with E-state index in [1.807, 2.05) is 48.5 Å². The van der Waals surface area contributed by atoms with Crippen LogP contribution in [0.3, 0.4) is 0 Å². The lowest BCUT2D eigenvalue weighted by Crippen LogP contribution is -2.01. The van der Waals surface area contributed by atoms with Gasteiger partial charge in [-0.3, -0.25) is 0 Å². The van der Waals surface area contributed by atoms with Gasteiger partial charge in [-0.25, -0.2) is 15.0 Å². The first-order valence-electron chi connectivity index (χ1n) is 8.98. The lowest BCUT2D eigenvalue weighted by Gasteiger charge is -2.14. The van der Waals surface area contributed by atoms with Gasteiger partial charge in [0.2, 0.25) is 5.88 Å². The zero-order valence-corrected chi connectivity index (χ0v) is 16.3. The molecule has 4 rings (SSSR count). The average Bonchev–Trinajstić information content (AvgIpc) is 2.78. The maximum atomic E-state index is 5.46. The predicted octanol–water partition coefficient (Wildman–Crippen LogP) is 4.46. The Balaban J connectivity index is 1.90. The second-order valence-corrected chi connectivity index (χ2v) is 6.20. The van der Waals surface area contributed by atoms with Crippen molar-refractivity contribution in [3.8, 4) is 28.8 Å². The molecule has 4 aromatic rings. The molecule has 2 aromatic carbocycles. The third-order valence-corrected chi connectivity index (χ3v) is 4.44. The van der Waals surface area contributed by atoms with Gasteiger partial charge in [0, 0.05) is 35.0 Å². The zero-order valence-electron chi connectivity index (χ0n) is 16.3. The molecular formula is C22H20N4O3. The fraction of sp³-hybridized carbons (Fsp3) is 0.136. The second kappa shape index (κ2) is 8.02. The highest BCUT2D eigenvalue weighted by atomic mass is 16.5. The largest absolute Gasteiger partial charge is 0.493 e. The highest BCUT2D eigenvalue weighted by Crippen LogP contribution is 2.36. The molecule has 0 aliphatic carbocycles. The van der Waals surface area contributed by atoms with E-state index in [2.05, 4.69) is 10.3 Å². The monoisotopic (exact) mass is 388 g/mol. The SMILES string of the molecule is COc1ccc(-c2nc(Nc3ccccc3)c3cc(OC)c(OC)cc3n2)cn1. The van der Waals surface area contributed by atoms with E-state index >= 15 is 0 Å². The van der Waals surface area contributed by atoms with Gasteiger partial charge in [-0.05, 0) is 24.3 Å². The highest BCUT2D eigenvalue weighted by molar-refractivity contribution is 5.94. The molecule has 1 N–H and O–H groups in total. The quantitative estimate of drug-likeness (QED) is 0.522. The predicted molar refractivity (Wildman–Crippen MR) is 112 cm³/mol. The third kappa shape index (κ3) is 3.75. The van der Waals surface area contributed by atoms with Crippen molar-refractivity contribution >= 4 is 22.4 Å². The summed E-state index contributed by atoms with van der Waals surface area (Å²) in [6, 6.07) is 17.2. The Labute approximate surface area is 168 Å². The molecule has 0 bridgehead atoms. The van der Waals surface area contributed by atoms with Gasteiger partial charge in [0.1, 0.15) is 5.82 Å². The normalized spacial score (nSPS) is 10.6. The molecule has 0 saturated heterocycles. The number of rotatable bonds is 6. The van der Waals surface area contributed by atoms with Crippen molar-refractivity contribution in [2.75, 3.05) is 26.6 Å². The number of hydrogen-bond donors (Lipinski definition) is 1. The van der Waals surface area contributed by atoms with Crippen LogP contribution in [-0.4, -0.2) is 36.3 Å². The van der Waals surface area contributed by atoms with Crippen LogP contribution in [-0.2, 0) is 0 Å². The molecule has 29 heavy (non-hydrogen) atoms. The van der Waals surface area contributed by atoms with Crippen LogP contribution >= 0.6 is 0 Å². The Morgan fingerprint density at radius 2 is 1.55 bits per heavy atom. The van der Waals surface area contributed by atoms with Crippen molar-refractivity contribution in [2.24, 2.45) is 0 Å². The molecule has 0 radical (unpaired) electrons. The fourth-order valence-corrected chi connectivity index (χ4v) is 2.97. The van der Waals surface area contributed by atoms with E-state index in [1.165, 1.54) is 0 Å². The molecule has 146 valence electrons. The van der Waals surface area contributed by atoms with Crippen molar-refractivity contribution in [1.29, 1.82) is 0 Å². The molecule has 0 atom stereocenters. The Morgan fingerprint density at radius 3 is 2.21 bits per heavy atom. The van der Waals surface area contributed by atoms with Crippen molar-refractivity contribution in [1.82, 2.24) is 15.0 Å². The van der Waals surface area contributed by atoms with Gasteiger partial charge in [0.15, 0.2) is 17.3 Å². The van der Waals surface area contributed by atoms with Gasteiger partial charge in [0.05, 0.1) is 26.8 Å². The average molecular weight is 388 g/mol. The second-order valence-electron chi connectivity index (χ2n) is 6.20. The number of nitrogens with one attached hydrogen (secondary N) is 1. The highest BCUT2D eigenvalue weighted by Gasteiger charge is 2.15. The number of anilines is 2. The minimum Gasteiger partial charge on any atom is -0.493 e. The van der Waals surface area contributed by atoms with Gasteiger partial charge in [-0.1, -0.05) is 18.2 Å². The molecule has 0 fully saturated rings. The van der Waals surface area contributed by atoms with Crippen LogP contribution in [0, 0.1) is 0 Å². The number of fused-ring (bicyclic) bond motifs is 1. The fourth-order valence-electron chi connectivity index (χ4n) is 2.97. The smallest absolute Gasteiger partial charge is 0.212 e. The first-order valence-corrected chi connectivity index (χ1v) is 8.98. The van der Waals surface area contributed by atoms with Crippen LogP contribution in [0.1, 0.15) is 0 Å². The standard InChI is InChI=1S/C22H20N4O3/c1-27-18-11-16-17(12-19(18)28-2)25-21(14-9-10-20(29-3)23-13-14)26-22(16)24-15-7-5-4-6-8-15/h4-13H,1-3H3,(H,24,25,26). The van der Waals surface area contributed by atoms with Gasteiger partial charge in [-0.15, -0.1) is 0 Å². The lowest BCUT2D eigenvalue weighted by molar-refractivity contribution is 0.356. The molecule has 0 aliphatic heterocycles. The maximum absolute atomic E-state index is 5.46. The van der Waals surface area contributed by atoms with Gasteiger partial charge >= 0.3 is 0 Å². The van der Waals surface area contributed by atoms with Crippen molar-refractivity contribution < 1.29 is 14.2 Å². The van der Waals surface area contributed by atoms with Crippen molar-refractivity contribution in [3.05, 3.63) is 60.8 Å². The molecule has 0 saturated carbocycles. The molecule has 7 heteroatoms. The van der Waals surface area contributed by atoms with Crippen LogP contribution < -0.4 is 19.5 Å². The van der Waals surface area contributed by atoms with E-state index < -0.39 is 0 Å². The number of benzene rings is 2. The van der Waals surface area contributed by atoms with Gasteiger partial charge in [0.25, 0.3) is 0 Å². The number of methoxy groups -OCH3 is 3. The molecular weight excluding hydrogens is 368 g/mol. The topological polar surface area (TPSA) is 78.4 Å². The molecule has 2 aromatic heterocycles. The summed E-state index contributed by atoms with van der Waals surface area (Å²) in [6.45, 7) is 0. The zero-order chi connectivity index (χ0) is 20.2. The molecule has 7 nitrogen and oxygen atoms in total. The Bertz CT molecular complexity index is 1130. The van der Waals surface area contributed by atoms with E-state index in [1.54, 1.807) is 33.6 Å². The van der Waals surface area contributed by atoms with Crippen LogP contribution in [0.25, 0.3) is 22.3 Å². The van der Waals surface area contributed by atoms with Crippen LogP contribution in [0.4, 0.5) is 11.5 Å². The van der Waals surface area contributed by atoms with E-state index in [0.29, 0.717) is 29.0 Å². The summed E-state index contributed by atoms with van der Waals surface area (Å²) in [4.78, 5) is 13.7. The summed E-state index contributed by atoms with van der Waals surface area (Å²) in [7, 11) is 4.78. The first kappa shape index (κ1) is 18.5. The van der Waals surface area contributed by atoms with Crippen molar-refractivity contribution in [3.63, 3.8) is 0 Å². The molecule has 2 heterocycles. The maximum Gasteiger partial charge on any atom is 0.212 e. The summed E-state index contributed by atoms with van der Waals surface area (Å²) in [5.74, 6) is 2.94. The van der Waals surface area contributed by atoms with Crippen LogP contribution in [0.15, 0.2) is 60.8 Å². The Kier molecular flexibility index (Phi) is 5.11. The summed E-state index contributed by atoms with van der Waals surface area (Å²) < 4.78 is 16.0. The number of hydrogen-bond acceptors (Lipinski definition) is 7.